The zero-order valence-corrected chi connectivity index (χ0v) is 10.5. The highest BCUT2D eigenvalue weighted by molar-refractivity contribution is 5.64. The predicted molar refractivity (Wildman–Crippen MR) is 64.2 cm³/mol. The van der Waals surface area contributed by atoms with E-state index in [-0.39, 0.29) is 6.42 Å². The summed E-state index contributed by atoms with van der Waals surface area (Å²) in [5, 5.41) is 14.1. The first-order valence-corrected chi connectivity index (χ1v) is 5.86. The van der Waals surface area contributed by atoms with Gasteiger partial charge in [-0.2, -0.15) is 4.98 Å². The molecule has 0 saturated heterocycles. The zero-order valence-electron chi connectivity index (χ0n) is 10.5. The number of hydrogen-bond acceptors (Lipinski definition) is 6. The van der Waals surface area contributed by atoms with Gasteiger partial charge in [0.15, 0.2) is 0 Å². The minimum atomic E-state index is -1.08. The molecule has 0 aliphatic carbocycles. The molecule has 0 fully saturated rings. The Balaban J connectivity index is 2.05. The Morgan fingerprint density at radius 1 is 1.47 bits per heavy atom. The molecule has 1 aromatic heterocycles. The summed E-state index contributed by atoms with van der Waals surface area (Å²) in [7, 11) is 1.58. The lowest BCUT2D eigenvalue weighted by molar-refractivity contribution is -0.305. The number of carbonyl (C=O) groups is 1. The molecule has 0 saturated carbocycles. The number of nitrogens with zero attached hydrogens (tertiary/aromatic N) is 2. The van der Waals surface area contributed by atoms with Gasteiger partial charge in [0.1, 0.15) is 5.75 Å². The number of ether oxygens (including phenoxy) is 1. The quantitative estimate of drug-likeness (QED) is 0.764. The number of aliphatic carboxylic acids is 1. The highest BCUT2D eigenvalue weighted by atomic mass is 16.5. The average molecular weight is 261 g/mol. The number of hydrogen-bond donors (Lipinski definition) is 0. The molecule has 19 heavy (non-hydrogen) atoms. The maximum atomic E-state index is 10.3. The number of carboxylic acid groups (broad SMARTS) is 1. The van der Waals surface area contributed by atoms with Crippen LogP contribution in [0, 0.1) is 0 Å². The molecule has 6 nitrogen and oxygen atoms in total. The molecule has 1 aromatic carbocycles. The first kappa shape index (κ1) is 13.1. The Bertz CT molecular complexity index is 565. The van der Waals surface area contributed by atoms with Gasteiger partial charge >= 0.3 is 0 Å². The molecule has 0 aliphatic heterocycles. The van der Waals surface area contributed by atoms with Gasteiger partial charge in [0.05, 0.1) is 7.11 Å². The van der Waals surface area contributed by atoms with E-state index < -0.39 is 5.97 Å². The summed E-state index contributed by atoms with van der Waals surface area (Å²) in [5.74, 6) is 0.509. The number of carboxylic acids is 1. The van der Waals surface area contributed by atoms with Crippen LogP contribution in [0.3, 0.4) is 0 Å². The van der Waals surface area contributed by atoms with Gasteiger partial charge in [-0.05, 0) is 25.0 Å². The third-order valence-electron chi connectivity index (χ3n) is 2.57. The number of rotatable bonds is 6. The van der Waals surface area contributed by atoms with Crippen molar-refractivity contribution < 1.29 is 19.2 Å². The molecule has 100 valence electrons. The van der Waals surface area contributed by atoms with Crippen molar-refractivity contribution in [3.63, 3.8) is 0 Å². The highest BCUT2D eigenvalue weighted by Gasteiger charge is 2.09. The van der Waals surface area contributed by atoms with E-state index in [1.54, 1.807) is 13.2 Å². The molecule has 0 aliphatic rings. The van der Waals surface area contributed by atoms with E-state index >= 15 is 0 Å². The Morgan fingerprint density at radius 3 is 3.05 bits per heavy atom. The van der Waals surface area contributed by atoms with Crippen molar-refractivity contribution in [1.29, 1.82) is 0 Å². The number of benzene rings is 1. The molecule has 0 amide bonds. The van der Waals surface area contributed by atoms with Crippen molar-refractivity contribution in [3.8, 4) is 17.1 Å². The van der Waals surface area contributed by atoms with E-state index in [1.807, 2.05) is 18.2 Å². The first-order valence-electron chi connectivity index (χ1n) is 5.86. The van der Waals surface area contributed by atoms with E-state index in [0.29, 0.717) is 30.3 Å². The lowest BCUT2D eigenvalue weighted by Crippen LogP contribution is -2.21. The average Bonchev–Trinajstić information content (AvgIpc) is 2.87. The number of methoxy groups -OCH3 is 1. The summed E-state index contributed by atoms with van der Waals surface area (Å²) < 4.78 is 10.2. The normalized spacial score (nSPS) is 10.4. The van der Waals surface area contributed by atoms with E-state index in [4.69, 9.17) is 9.26 Å². The highest BCUT2D eigenvalue weighted by Crippen LogP contribution is 2.21. The van der Waals surface area contributed by atoms with Crippen molar-refractivity contribution >= 4 is 5.97 Å². The summed E-state index contributed by atoms with van der Waals surface area (Å²) in [6.45, 7) is 0. The Labute approximate surface area is 110 Å². The lowest BCUT2D eigenvalue weighted by Gasteiger charge is -2.00. The number of carbonyl (C=O) groups excluding carboxylic acids is 1. The molecular weight excluding hydrogens is 248 g/mol. The van der Waals surface area contributed by atoms with Gasteiger partial charge < -0.3 is 19.2 Å². The van der Waals surface area contributed by atoms with Crippen LogP contribution in [0.5, 0.6) is 5.75 Å². The molecule has 0 unspecified atom stereocenters. The topological polar surface area (TPSA) is 88.3 Å². The molecular formula is C13H13N2O4-. The molecule has 0 radical (unpaired) electrons. The Morgan fingerprint density at radius 2 is 2.32 bits per heavy atom. The maximum Gasteiger partial charge on any atom is 0.226 e. The minimum Gasteiger partial charge on any atom is -0.550 e. The molecule has 2 rings (SSSR count). The largest absolute Gasteiger partial charge is 0.550 e. The second-order valence-corrected chi connectivity index (χ2v) is 3.97. The number of aromatic nitrogens is 2. The van der Waals surface area contributed by atoms with E-state index in [2.05, 4.69) is 10.1 Å². The molecule has 1 heterocycles. The second kappa shape index (κ2) is 5.99. The van der Waals surface area contributed by atoms with Crippen LogP contribution in [0.15, 0.2) is 28.8 Å². The van der Waals surface area contributed by atoms with Gasteiger partial charge in [0.2, 0.25) is 11.7 Å². The van der Waals surface area contributed by atoms with E-state index in [0.717, 1.165) is 5.56 Å². The molecule has 0 atom stereocenters. The SMILES string of the molecule is COc1cccc(-c2noc(CCCC(=O)[O-])n2)c1. The van der Waals surface area contributed by atoms with Gasteiger partial charge in [-0.15, -0.1) is 0 Å². The van der Waals surface area contributed by atoms with Crippen molar-refractivity contribution in [2.45, 2.75) is 19.3 Å². The van der Waals surface area contributed by atoms with E-state index in [9.17, 15) is 9.90 Å². The van der Waals surface area contributed by atoms with Gasteiger partial charge in [0, 0.05) is 18.0 Å². The standard InChI is InChI=1S/C13H14N2O4/c1-18-10-5-2-4-9(8-10)13-14-11(19-15-13)6-3-7-12(16)17/h2,4-5,8H,3,6-7H2,1H3,(H,16,17)/p-1. The summed E-state index contributed by atoms with van der Waals surface area (Å²) >= 11 is 0. The maximum absolute atomic E-state index is 10.3. The first-order chi connectivity index (χ1) is 9.19. The molecule has 0 N–H and O–H groups in total. The smallest absolute Gasteiger partial charge is 0.226 e. The fraction of sp³-hybridized carbons (Fsp3) is 0.308. The van der Waals surface area contributed by atoms with Gasteiger partial charge in [0.25, 0.3) is 0 Å². The Hall–Kier alpha value is -2.37. The molecule has 0 bridgehead atoms. The molecule has 2 aromatic rings. The van der Waals surface area contributed by atoms with Crippen LogP contribution in [-0.2, 0) is 11.2 Å². The Kier molecular flexibility index (Phi) is 4.12. The van der Waals surface area contributed by atoms with Crippen LogP contribution in [0.4, 0.5) is 0 Å². The third-order valence-corrected chi connectivity index (χ3v) is 2.57. The van der Waals surface area contributed by atoms with Crippen LogP contribution in [-0.4, -0.2) is 23.2 Å². The van der Waals surface area contributed by atoms with Crippen molar-refractivity contribution in [2.24, 2.45) is 0 Å². The predicted octanol–water partition coefficient (Wildman–Crippen LogP) is 0.818. The lowest BCUT2D eigenvalue weighted by atomic mass is 10.2. The van der Waals surface area contributed by atoms with Crippen molar-refractivity contribution in [3.05, 3.63) is 30.2 Å². The van der Waals surface area contributed by atoms with Crippen molar-refractivity contribution in [2.75, 3.05) is 7.11 Å². The molecule has 6 heteroatoms. The minimum absolute atomic E-state index is 0.0170. The number of aryl methyl sites for hydroxylation is 1. The third kappa shape index (κ3) is 3.54. The van der Waals surface area contributed by atoms with Gasteiger partial charge in [-0.1, -0.05) is 17.3 Å². The fourth-order valence-corrected chi connectivity index (χ4v) is 1.62. The monoisotopic (exact) mass is 261 g/mol. The fourth-order valence-electron chi connectivity index (χ4n) is 1.62. The molecule has 0 spiro atoms. The van der Waals surface area contributed by atoms with Gasteiger partial charge in [-0.3, -0.25) is 0 Å². The van der Waals surface area contributed by atoms with Crippen LogP contribution in [0.2, 0.25) is 0 Å². The summed E-state index contributed by atoms with van der Waals surface area (Å²) in [5.41, 5.74) is 0.786. The summed E-state index contributed by atoms with van der Waals surface area (Å²) in [6.07, 6.45) is 0.823. The van der Waals surface area contributed by atoms with Crippen LogP contribution in [0.25, 0.3) is 11.4 Å². The summed E-state index contributed by atoms with van der Waals surface area (Å²) in [4.78, 5) is 14.5. The zero-order chi connectivity index (χ0) is 13.7. The van der Waals surface area contributed by atoms with Crippen molar-refractivity contribution in [1.82, 2.24) is 10.1 Å². The van der Waals surface area contributed by atoms with Gasteiger partial charge in [-0.25, -0.2) is 0 Å². The van der Waals surface area contributed by atoms with E-state index in [1.165, 1.54) is 0 Å². The summed E-state index contributed by atoms with van der Waals surface area (Å²) in [6, 6.07) is 7.30. The van der Waals surface area contributed by atoms with Crippen LogP contribution < -0.4 is 9.84 Å². The van der Waals surface area contributed by atoms with Crippen LogP contribution >= 0.6 is 0 Å². The van der Waals surface area contributed by atoms with Crippen LogP contribution in [0.1, 0.15) is 18.7 Å². The second-order valence-electron chi connectivity index (χ2n) is 3.97.